The van der Waals surface area contributed by atoms with E-state index in [4.69, 9.17) is 5.11 Å². The summed E-state index contributed by atoms with van der Waals surface area (Å²) in [5.41, 5.74) is 0.681. The maximum absolute atomic E-state index is 13.1. The Morgan fingerprint density at radius 3 is 2.47 bits per heavy atom. The Hall–Kier alpha value is -3.14. The second kappa shape index (κ2) is 10.4. The fourth-order valence-electron chi connectivity index (χ4n) is 4.12. The molecule has 5 N–H and O–H groups in total. The number of carboxylic acids is 1. The van der Waals surface area contributed by atoms with Gasteiger partial charge in [-0.1, -0.05) is 12.1 Å². The summed E-state index contributed by atoms with van der Waals surface area (Å²) < 4.78 is 0. The topological polar surface area (TPSA) is 148 Å². The van der Waals surface area contributed by atoms with E-state index < -0.39 is 35.9 Å². The monoisotopic (exact) mass is 446 g/mol. The maximum atomic E-state index is 13.1. The number of hydrogen-bond donors (Lipinski definition) is 5. The summed E-state index contributed by atoms with van der Waals surface area (Å²) in [6, 6.07) is 3.08. The van der Waals surface area contributed by atoms with Gasteiger partial charge in [0.25, 0.3) is 0 Å². The molecule has 4 atom stereocenters. The Balaban J connectivity index is 1.72. The van der Waals surface area contributed by atoms with Gasteiger partial charge >= 0.3 is 5.97 Å². The summed E-state index contributed by atoms with van der Waals surface area (Å²) in [6.45, 7) is 2.60. The molecule has 1 aromatic carbocycles. The van der Waals surface area contributed by atoms with Gasteiger partial charge in [-0.3, -0.25) is 19.2 Å². The molecule has 0 saturated carbocycles. The number of rotatable bonds is 8. The number of likely N-dealkylation sites (tertiary alicyclic amines) is 1. The molecule has 32 heavy (non-hydrogen) atoms. The van der Waals surface area contributed by atoms with Gasteiger partial charge in [-0.05, 0) is 56.8 Å². The first-order valence-electron chi connectivity index (χ1n) is 10.9. The van der Waals surface area contributed by atoms with Gasteiger partial charge in [0, 0.05) is 13.0 Å². The number of carboxylic acid groups (broad SMARTS) is 1. The zero-order chi connectivity index (χ0) is 23.3. The minimum absolute atomic E-state index is 0.0684. The summed E-state index contributed by atoms with van der Waals surface area (Å²) in [5, 5.41) is 26.9. The highest BCUT2D eigenvalue weighted by molar-refractivity contribution is 5.94. The molecule has 4 unspecified atom stereocenters. The van der Waals surface area contributed by atoms with Crippen LogP contribution in [0, 0.1) is 0 Å². The molecule has 1 aromatic rings. The van der Waals surface area contributed by atoms with E-state index in [9.17, 15) is 24.3 Å². The SMILES string of the molecule is CC(NC(=O)C(Cc1ccc(O)cc1)NC(=O)C1CCCN1C(=O)C1CCCN1)C(=O)O. The van der Waals surface area contributed by atoms with Crippen molar-refractivity contribution in [2.75, 3.05) is 13.1 Å². The van der Waals surface area contributed by atoms with E-state index in [-0.39, 0.29) is 24.1 Å². The molecule has 2 fully saturated rings. The first-order chi connectivity index (χ1) is 15.3. The molecule has 2 aliphatic rings. The minimum atomic E-state index is -1.19. The highest BCUT2D eigenvalue weighted by Gasteiger charge is 2.39. The van der Waals surface area contributed by atoms with Gasteiger partial charge in [0.15, 0.2) is 0 Å². The molecule has 3 rings (SSSR count). The van der Waals surface area contributed by atoms with Gasteiger partial charge in [-0.25, -0.2) is 0 Å². The number of aromatic hydroxyl groups is 1. The smallest absolute Gasteiger partial charge is 0.325 e. The molecular weight excluding hydrogens is 416 g/mol. The van der Waals surface area contributed by atoms with E-state index >= 15 is 0 Å². The van der Waals surface area contributed by atoms with Crippen molar-refractivity contribution in [2.24, 2.45) is 0 Å². The van der Waals surface area contributed by atoms with Crippen LogP contribution in [0.2, 0.25) is 0 Å². The molecule has 174 valence electrons. The number of amides is 3. The van der Waals surface area contributed by atoms with Crippen molar-refractivity contribution in [3.8, 4) is 5.75 Å². The number of carbonyl (C=O) groups is 4. The van der Waals surface area contributed by atoms with Gasteiger partial charge in [0.05, 0.1) is 6.04 Å². The van der Waals surface area contributed by atoms with Crippen LogP contribution in [0.5, 0.6) is 5.75 Å². The number of carbonyl (C=O) groups excluding carboxylic acids is 3. The van der Waals surface area contributed by atoms with Crippen LogP contribution in [0.4, 0.5) is 0 Å². The number of aliphatic carboxylic acids is 1. The quantitative estimate of drug-likeness (QED) is 0.370. The molecule has 2 heterocycles. The van der Waals surface area contributed by atoms with Crippen LogP contribution in [-0.2, 0) is 25.6 Å². The Morgan fingerprint density at radius 1 is 1.12 bits per heavy atom. The van der Waals surface area contributed by atoms with E-state index in [1.807, 2.05) is 0 Å². The first kappa shape index (κ1) is 23.5. The van der Waals surface area contributed by atoms with E-state index in [1.54, 1.807) is 17.0 Å². The zero-order valence-corrected chi connectivity index (χ0v) is 18.0. The average molecular weight is 447 g/mol. The fourth-order valence-corrected chi connectivity index (χ4v) is 4.12. The molecule has 0 radical (unpaired) electrons. The highest BCUT2D eigenvalue weighted by atomic mass is 16.4. The third-order valence-corrected chi connectivity index (χ3v) is 5.94. The summed E-state index contributed by atoms with van der Waals surface area (Å²) in [4.78, 5) is 51.4. The minimum Gasteiger partial charge on any atom is -0.508 e. The number of phenolic OH excluding ortho intramolecular Hbond substituents is 1. The largest absolute Gasteiger partial charge is 0.508 e. The second-order valence-corrected chi connectivity index (χ2v) is 8.34. The summed E-state index contributed by atoms with van der Waals surface area (Å²) in [6.07, 6.45) is 2.96. The van der Waals surface area contributed by atoms with Crippen molar-refractivity contribution in [2.45, 2.75) is 63.2 Å². The lowest BCUT2D eigenvalue weighted by Crippen LogP contribution is -2.56. The van der Waals surface area contributed by atoms with Gasteiger partial charge in [-0.2, -0.15) is 0 Å². The second-order valence-electron chi connectivity index (χ2n) is 8.34. The zero-order valence-electron chi connectivity index (χ0n) is 18.0. The van der Waals surface area contributed by atoms with Crippen molar-refractivity contribution in [3.63, 3.8) is 0 Å². The van der Waals surface area contributed by atoms with E-state index in [1.165, 1.54) is 19.1 Å². The molecule has 2 aliphatic heterocycles. The van der Waals surface area contributed by atoms with Crippen molar-refractivity contribution >= 4 is 23.7 Å². The number of nitrogens with one attached hydrogen (secondary N) is 3. The van der Waals surface area contributed by atoms with E-state index in [0.29, 0.717) is 24.9 Å². The lowest BCUT2D eigenvalue weighted by Gasteiger charge is -2.28. The van der Waals surface area contributed by atoms with Crippen LogP contribution in [0.1, 0.15) is 38.2 Å². The van der Waals surface area contributed by atoms with Crippen LogP contribution < -0.4 is 16.0 Å². The predicted molar refractivity (Wildman–Crippen MR) is 115 cm³/mol. The molecule has 10 heteroatoms. The van der Waals surface area contributed by atoms with Crippen LogP contribution in [0.3, 0.4) is 0 Å². The fraction of sp³-hybridized carbons (Fsp3) is 0.545. The molecule has 10 nitrogen and oxygen atoms in total. The van der Waals surface area contributed by atoms with E-state index in [2.05, 4.69) is 16.0 Å². The third kappa shape index (κ3) is 5.76. The highest BCUT2D eigenvalue weighted by Crippen LogP contribution is 2.21. The van der Waals surface area contributed by atoms with Gasteiger partial charge in [0.2, 0.25) is 17.7 Å². The first-order valence-corrected chi connectivity index (χ1v) is 10.9. The normalized spacial score (nSPS) is 22.2. The molecule has 0 spiro atoms. The maximum Gasteiger partial charge on any atom is 0.325 e. The standard InChI is InChI=1S/C22H30N4O6/c1-13(22(31)32)24-19(28)17(12-14-6-8-15(27)9-7-14)25-20(29)18-5-3-11-26(18)21(30)16-4-2-10-23-16/h6-9,13,16-18,23,27H,2-5,10-12H2,1H3,(H,24,28)(H,25,29)(H,31,32). The Bertz CT molecular complexity index is 852. The number of nitrogens with zero attached hydrogens (tertiary/aromatic N) is 1. The number of hydrogen-bond acceptors (Lipinski definition) is 6. The Labute approximate surface area is 186 Å². The molecule has 2 saturated heterocycles. The molecule has 0 bridgehead atoms. The molecule has 3 amide bonds. The molecular formula is C22H30N4O6. The van der Waals surface area contributed by atoms with Crippen LogP contribution in [0.15, 0.2) is 24.3 Å². The van der Waals surface area contributed by atoms with Crippen LogP contribution in [0.25, 0.3) is 0 Å². The molecule has 0 aliphatic carbocycles. The molecule has 0 aromatic heterocycles. The van der Waals surface area contributed by atoms with Crippen molar-refractivity contribution < 1.29 is 29.4 Å². The summed E-state index contributed by atoms with van der Waals surface area (Å²) in [7, 11) is 0. The lowest BCUT2D eigenvalue weighted by molar-refractivity contribution is -0.142. The van der Waals surface area contributed by atoms with Crippen LogP contribution >= 0.6 is 0 Å². The van der Waals surface area contributed by atoms with E-state index in [0.717, 1.165) is 19.4 Å². The van der Waals surface area contributed by atoms with Crippen molar-refractivity contribution in [1.82, 2.24) is 20.9 Å². The number of benzene rings is 1. The van der Waals surface area contributed by atoms with Gasteiger partial charge < -0.3 is 31.1 Å². The summed E-state index contributed by atoms with van der Waals surface area (Å²) in [5.74, 6) is -2.28. The van der Waals surface area contributed by atoms with Crippen LogP contribution in [-0.4, -0.2) is 76.1 Å². The number of phenols is 1. The summed E-state index contributed by atoms with van der Waals surface area (Å²) >= 11 is 0. The Morgan fingerprint density at radius 2 is 1.84 bits per heavy atom. The average Bonchev–Trinajstić information content (AvgIpc) is 3.46. The lowest BCUT2D eigenvalue weighted by atomic mass is 10.0. The predicted octanol–water partition coefficient (Wildman–Crippen LogP) is -0.248. The van der Waals surface area contributed by atoms with Crippen molar-refractivity contribution in [3.05, 3.63) is 29.8 Å². The Kier molecular flexibility index (Phi) is 7.68. The van der Waals surface area contributed by atoms with Gasteiger partial charge in [0.1, 0.15) is 23.9 Å². The van der Waals surface area contributed by atoms with Gasteiger partial charge in [-0.15, -0.1) is 0 Å². The van der Waals surface area contributed by atoms with Crippen molar-refractivity contribution in [1.29, 1.82) is 0 Å². The third-order valence-electron chi connectivity index (χ3n) is 5.94.